The number of hydrogen-bond donors (Lipinski definition) is 3. The van der Waals surface area contributed by atoms with Crippen LogP contribution in [0.5, 0.6) is 5.75 Å². The van der Waals surface area contributed by atoms with Crippen LogP contribution in [-0.4, -0.2) is 47.2 Å². The number of carbonyl (C=O) groups is 2. The predicted octanol–water partition coefficient (Wildman–Crippen LogP) is 4.10. The molecule has 7 heteroatoms. The Morgan fingerprint density at radius 2 is 1.73 bits per heavy atom. The number of methoxy groups -OCH3 is 1. The number of benzene rings is 2. The minimum absolute atomic E-state index is 0.0271. The van der Waals surface area contributed by atoms with Crippen molar-refractivity contribution in [2.75, 3.05) is 19.0 Å². The fourth-order valence-electron chi connectivity index (χ4n) is 4.98. The number of amides is 3. The molecule has 0 bridgehead atoms. The largest absolute Gasteiger partial charge is 0.497 e. The lowest BCUT2D eigenvalue weighted by Crippen LogP contribution is -2.64. The molecule has 2 fully saturated rings. The van der Waals surface area contributed by atoms with Gasteiger partial charge in [0.05, 0.1) is 24.8 Å². The standard InChI is InChI=1S/C26H33N3O4/c1-26(32)16-17-29(25(31)27-20-12-14-21(33-2)15-13-20)22(18-8-4-3-5-9-18)23(26)28-24(30)19-10-6-7-11-19/h3-5,8-9,12-15,19,22-23,32H,6-7,10-11,16-17H2,1-2H3,(H,27,31)(H,28,30)/t22-,23-,26+/m0/s1. The summed E-state index contributed by atoms with van der Waals surface area (Å²) in [5.74, 6) is 0.649. The molecule has 2 aromatic rings. The average molecular weight is 452 g/mol. The fourth-order valence-corrected chi connectivity index (χ4v) is 4.98. The van der Waals surface area contributed by atoms with Crippen LogP contribution in [0, 0.1) is 5.92 Å². The predicted molar refractivity (Wildman–Crippen MR) is 127 cm³/mol. The third-order valence-corrected chi connectivity index (χ3v) is 6.95. The summed E-state index contributed by atoms with van der Waals surface area (Å²) in [6.07, 6.45) is 4.22. The zero-order valence-electron chi connectivity index (χ0n) is 19.3. The summed E-state index contributed by atoms with van der Waals surface area (Å²) >= 11 is 0. The van der Waals surface area contributed by atoms with Crippen LogP contribution in [0.15, 0.2) is 54.6 Å². The maximum atomic E-state index is 13.4. The van der Waals surface area contributed by atoms with Crippen molar-refractivity contribution >= 4 is 17.6 Å². The van der Waals surface area contributed by atoms with Crippen molar-refractivity contribution in [1.82, 2.24) is 10.2 Å². The Morgan fingerprint density at radius 3 is 2.36 bits per heavy atom. The summed E-state index contributed by atoms with van der Waals surface area (Å²) in [6, 6.07) is 15.4. The van der Waals surface area contributed by atoms with Gasteiger partial charge < -0.3 is 25.4 Å². The summed E-state index contributed by atoms with van der Waals surface area (Å²) in [7, 11) is 1.59. The number of urea groups is 1. The van der Waals surface area contributed by atoms with Gasteiger partial charge in [-0.3, -0.25) is 4.79 Å². The normalized spacial score (nSPS) is 25.5. The molecular weight excluding hydrogens is 418 g/mol. The molecule has 1 saturated heterocycles. The van der Waals surface area contributed by atoms with E-state index in [-0.39, 0.29) is 17.9 Å². The van der Waals surface area contributed by atoms with Gasteiger partial charge in [0, 0.05) is 18.2 Å². The van der Waals surface area contributed by atoms with Crippen LogP contribution in [0.4, 0.5) is 10.5 Å². The van der Waals surface area contributed by atoms with Crippen molar-refractivity contribution in [3.05, 3.63) is 60.2 Å². The molecule has 2 aliphatic rings. The molecular formula is C26H33N3O4. The lowest BCUT2D eigenvalue weighted by atomic mass is 9.79. The van der Waals surface area contributed by atoms with E-state index in [0.717, 1.165) is 31.2 Å². The molecule has 2 aromatic carbocycles. The van der Waals surface area contributed by atoms with E-state index >= 15 is 0 Å². The molecule has 0 spiro atoms. The molecule has 1 aliphatic carbocycles. The third-order valence-electron chi connectivity index (χ3n) is 6.95. The summed E-state index contributed by atoms with van der Waals surface area (Å²) in [5, 5.41) is 17.4. The number of nitrogens with one attached hydrogen (secondary N) is 2. The van der Waals surface area contributed by atoms with E-state index in [4.69, 9.17) is 4.74 Å². The average Bonchev–Trinajstić information content (AvgIpc) is 3.36. The zero-order valence-corrected chi connectivity index (χ0v) is 19.3. The molecule has 4 rings (SSSR count). The van der Waals surface area contributed by atoms with E-state index in [2.05, 4.69) is 10.6 Å². The highest BCUT2D eigenvalue weighted by Gasteiger charge is 2.48. The lowest BCUT2D eigenvalue weighted by molar-refractivity contribution is -0.131. The van der Waals surface area contributed by atoms with Gasteiger partial charge in [-0.15, -0.1) is 0 Å². The maximum Gasteiger partial charge on any atom is 0.322 e. The van der Waals surface area contributed by atoms with E-state index in [1.54, 1.807) is 43.2 Å². The second-order valence-corrected chi connectivity index (χ2v) is 9.28. The zero-order chi connectivity index (χ0) is 23.4. The van der Waals surface area contributed by atoms with Crippen molar-refractivity contribution < 1.29 is 19.4 Å². The lowest BCUT2D eigenvalue weighted by Gasteiger charge is -2.49. The summed E-state index contributed by atoms with van der Waals surface area (Å²) in [4.78, 5) is 28.2. The molecule has 7 nitrogen and oxygen atoms in total. The van der Waals surface area contributed by atoms with Crippen LogP contribution in [0.2, 0.25) is 0 Å². The molecule has 3 atom stereocenters. The van der Waals surface area contributed by atoms with Crippen LogP contribution in [0.3, 0.4) is 0 Å². The molecule has 3 amide bonds. The third kappa shape index (κ3) is 5.14. The van der Waals surface area contributed by atoms with Gasteiger partial charge in [0.2, 0.25) is 5.91 Å². The minimum atomic E-state index is -1.15. The van der Waals surface area contributed by atoms with Crippen LogP contribution >= 0.6 is 0 Å². The number of carbonyl (C=O) groups excluding carboxylic acids is 2. The van der Waals surface area contributed by atoms with Crippen LogP contribution < -0.4 is 15.4 Å². The highest BCUT2D eigenvalue weighted by molar-refractivity contribution is 5.90. The van der Waals surface area contributed by atoms with Crippen molar-refractivity contribution in [3.63, 3.8) is 0 Å². The molecule has 176 valence electrons. The van der Waals surface area contributed by atoms with Crippen LogP contribution in [0.1, 0.15) is 50.6 Å². The van der Waals surface area contributed by atoms with Crippen LogP contribution in [-0.2, 0) is 4.79 Å². The smallest absolute Gasteiger partial charge is 0.322 e. The summed E-state index contributed by atoms with van der Waals surface area (Å²) in [5.41, 5.74) is 0.377. The second kappa shape index (κ2) is 9.83. The van der Waals surface area contributed by atoms with Gasteiger partial charge in [-0.05, 0) is 56.0 Å². The Labute approximate surface area is 195 Å². The summed E-state index contributed by atoms with van der Waals surface area (Å²) < 4.78 is 5.19. The van der Waals surface area contributed by atoms with Crippen molar-refractivity contribution in [2.24, 2.45) is 5.92 Å². The number of piperidine rings is 1. The molecule has 0 radical (unpaired) electrons. The van der Waals surface area contributed by atoms with Gasteiger partial charge >= 0.3 is 6.03 Å². The second-order valence-electron chi connectivity index (χ2n) is 9.28. The van der Waals surface area contributed by atoms with Gasteiger partial charge in [-0.25, -0.2) is 4.79 Å². The fraction of sp³-hybridized carbons (Fsp3) is 0.462. The van der Waals surface area contributed by atoms with E-state index in [9.17, 15) is 14.7 Å². The number of ether oxygens (including phenoxy) is 1. The van der Waals surface area contributed by atoms with Crippen molar-refractivity contribution in [2.45, 2.75) is 56.7 Å². The molecule has 0 aromatic heterocycles. The Balaban J connectivity index is 1.62. The number of likely N-dealkylation sites (tertiary alicyclic amines) is 1. The Bertz CT molecular complexity index is 955. The topological polar surface area (TPSA) is 90.9 Å². The Kier molecular flexibility index (Phi) is 6.88. The molecule has 1 saturated carbocycles. The van der Waals surface area contributed by atoms with Gasteiger partial charge in [-0.1, -0.05) is 43.2 Å². The molecule has 33 heavy (non-hydrogen) atoms. The first-order chi connectivity index (χ1) is 15.9. The minimum Gasteiger partial charge on any atom is -0.497 e. The number of nitrogens with zero attached hydrogens (tertiary/aromatic N) is 1. The van der Waals surface area contributed by atoms with E-state index < -0.39 is 17.7 Å². The van der Waals surface area contributed by atoms with Gasteiger partial charge in [-0.2, -0.15) is 0 Å². The molecule has 1 heterocycles. The van der Waals surface area contributed by atoms with E-state index in [0.29, 0.717) is 24.4 Å². The van der Waals surface area contributed by atoms with Gasteiger partial charge in [0.15, 0.2) is 0 Å². The van der Waals surface area contributed by atoms with E-state index in [1.807, 2.05) is 30.3 Å². The monoisotopic (exact) mass is 451 g/mol. The number of aliphatic hydroxyl groups is 1. The number of hydrogen-bond acceptors (Lipinski definition) is 4. The van der Waals surface area contributed by atoms with Gasteiger partial charge in [0.1, 0.15) is 5.75 Å². The van der Waals surface area contributed by atoms with E-state index in [1.165, 1.54) is 0 Å². The number of anilines is 1. The Hall–Kier alpha value is -3.06. The number of rotatable bonds is 5. The first-order valence-electron chi connectivity index (χ1n) is 11.7. The summed E-state index contributed by atoms with van der Waals surface area (Å²) in [6.45, 7) is 2.12. The van der Waals surface area contributed by atoms with Gasteiger partial charge in [0.25, 0.3) is 0 Å². The van der Waals surface area contributed by atoms with Crippen molar-refractivity contribution in [1.29, 1.82) is 0 Å². The quantitative estimate of drug-likeness (QED) is 0.638. The molecule has 1 aliphatic heterocycles. The first-order valence-corrected chi connectivity index (χ1v) is 11.7. The Morgan fingerprint density at radius 1 is 1.06 bits per heavy atom. The molecule has 3 N–H and O–H groups in total. The highest BCUT2D eigenvalue weighted by Crippen LogP contribution is 2.38. The van der Waals surface area contributed by atoms with Crippen molar-refractivity contribution in [3.8, 4) is 5.75 Å². The van der Waals surface area contributed by atoms with Crippen LogP contribution in [0.25, 0.3) is 0 Å². The highest BCUT2D eigenvalue weighted by atomic mass is 16.5. The SMILES string of the molecule is COc1ccc(NC(=O)N2CC[C@@](C)(O)[C@@H](NC(=O)C3CCCC3)[C@@H]2c2ccccc2)cc1. The maximum absolute atomic E-state index is 13.4. The molecule has 0 unspecified atom stereocenters. The first kappa shape index (κ1) is 23.1.